The molecule has 1 aliphatic heterocycles. The fourth-order valence-corrected chi connectivity index (χ4v) is 3.93. The molecule has 1 aromatic carbocycles. The molecule has 1 fully saturated rings. The van der Waals surface area contributed by atoms with Gasteiger partial charge in [0.2, 0.25) is 0 Å². The van der Waals surface area contributed by atoms with Gasteiger partial charge in [-0.2, -0.15) is 0 Å². The average molecular weight is 283 g/mol. The molecule has 1 aliphatic rings. The molecule has 1 saturated heterocycles. The molecule has 0 saturated carbocycles. The van der Waals surface area contributed by atoms with E-state index in [9.17, 15) is 0 Å². The topological polar surface area (TPSA) is 29.3 Å². The number of thiazole rings is 1. The summed E-state index contributed by atoms with van der Waals surface area (Å²) in [4.78, 5) is 5.84. The van der Waals surface area contributed by atoms with E-state index in [0.29, 0.717) is 0 Å². The Morgan fingerprint density at radius 1 is 1.35 bits per heavy atom. The first kappa shape index (κ1) is 12.1. The summed E-state index contributed by atoms with van der Waals surface area (Å²) >= 11 is 1.69. The lowest BCUT2D eigenvalue weighted by molar-refractivity contribution is 0.271. The van der Waals surface area contributed by atoms with Gasteiger partial charge in [-0.15, -0.1) is 11.3 Å². The third-order valence-corrected chi connectivity index (χ3v) is 5.08. The van der Waals surface area contributed by atoms with Crippen LogP contribution in [0, 0.1) is 6.92 Å². The van der Waals surface area contributed by atoms with Gasteiger partial charge in [-0.1, -0.05) is 24.3 Å². The Morgan fingerprint density at radius 2 is 2.20 bits per heavy atom. The minimum atomic E-state index is 0.218. The molecule has 0 atom stereocenters. The largest absolute Gasteiger partial charge is 0.315 e. The van der Waals surface area contributed by atoms with Crippen molar-refractivity contribution in [1.82, 2.24) is 14.7 Å². The maximum Gasteiger partial charge on any atom is 0.193 e. The van der Waals surface area contributed by atoms with Gasteiger partial charge in [0.1, 0.15) is 0 Å². The summed E-state index contributed by atoms with van der Waals surface area (Å²) in [7, 11) is 0. The quantitative estimate of drug-likeness (QED) is 0.801. The van der Waals surface area contributed by atoms with Gasteiger partial charge in [-0.3, -0.25) is 4.40 Å². The molecule has 2 aromatic heterocycles. The third-order valence-electron chi connectivity index (χ3n) is 4.31. The summed E-state index contributed by atoms with van der Waals surface area (Å²) in [6.07, 6.45) is 5.26. The van der Waals surface area contributed by atoms with Crippen LogP contribution in [0.2, 0.25) is 0 Å². The number of hydrogen-bond acceptors (Lipinski definition) is 3. The summed E-state index contributed by atoms with van der Waals surface area (Å²) in [5.41, 5.74) is 4.27. The predicted molar refractivity (Wildman–Crippen MR) is 82.5 cm³/mol. The van der Waals surface area contributed by atoms with Crippen molar-refractivity contribution in [3.05, 3.63) is 58.9 Å². The van der Waals surface area contributed by atoms with Crippen LogP contribution in [0.4, 0.5) is 0 Å². The van der Waals surface area contributed by atoms with E-state index in [4.69, 9.17) is 4.98 Å². The van der Waals surface area contributed by atoms with Gasteiger partial charge in [-0.05, 0) is 18.1 Å². The van der Waals surface area contributed by atoms with Crippen molar-refractivity contribution in [3.8, 4) is 0 Å². The molecule has 4 heteroatoms. The Morgan fingerprint density at radius 3 is 2.90 bits per heavy atom. The maximum atomic E-state index is 4.75. The third kappa shape index (κ3) is 1.79. The normalized spacial score (nSPS) is 17.2. The molecule has 3 aromatic rings. The first-order valence-electron chi connectivity index (χ1n) is 6.95. The molecule has 0 amide bonds. The van der Waals surface area contributed by atoms with Crippen molar-refractivity contribution in [3.63, 3.8) is 0 Å². The Kier molecular flexibility index (Phi) is 2.69. The molecule has 1 N–H and O–H groups in total. The average Bonchev–Trinajstić information content (AvgIpc) is 2.95. The maximum absolute atomic E-state index is 4.75. The van der Waals surface area contributed by atoms with Crippen LogP contribution in [-0.4, -0.2) is 22.5 Å². The van der Waals surface area contributed by atoms with Crippen molar-refractivity contribution in [2.75, 3.05) is 13.1 Å². The van der Waals surface area contributed by atoms with Crippen molar-refractivity contribution in [2.24, 2.45) is 0 Å². The monoisotopic (exact) mass is 283 g/mol. The lowest BCUT2D eigenvalue weighted by atomic mass is 9.70. The van der Waals surface area contributed by atoms with Crippen LogP contribution in [0.1, 0.15) is 16.8 Å². The van der Waals surface area contributed by atoms with Gasteiger partial charge in [0.25, 0.3) is 0 Å². The van der Waals surface area contributed by atoms with E-state index in [-0.39, 0.29) is 5.41 Å². The van der Waals surface area contributed by atoms with E-state index in [1.165, 1.54) is 16.8 Å². The highest BCUT2D eigenvalue weighted by molar-refractivity contribution is 7.15. The van der Waals surface area contributed by atoms with E-state index >= 15 is 0 Å². The second-order valence-corrected chi connectivity index (χ2v) is 6.57. The van der Waals surface area contributed by atoms with Crippen molar-refractivity contribution in [1.29, 1.82) is 0 Å². The number of fused-ring (bicyclic) bond motifs is 1. The van der Waals surface area contributed by atoms with Gasteiger partial charge in [0.15, 0.2) is 4.96 Å². The van der Waals surface area contributed by atoms with Crippen LogP contribution in [-0.2, 0) is 11.8 Å². The molecule has 20 heavy (non-hydrogen) atoms. The number of nitrogens with one attached hydrogen (secondary N) is 1. The SMILES string of the molecule is Cc1ccccc1C1(Cc2cn3ccsc3n2)CNC1. The molecule has 4 rings (SSSR count). The van der Waals surface area contributed by atoms with Gasteiger partial charge in [0, 0.05) is 42.7 Å². The number of aromatic nitrogens is 2. The van der Waals surface area contributed by atoms with E-state index in [0.717, 1.165) is 24.5 Å². The minimum absolute atomic E-state index is 0.218. The molecule has 0 bridgehead atoms. The van der Waals surface area contributed by atoms with Crippen LogP contribution < -0.4 is 5.32 Å². The van der Waals surface area contributed by atoms with E-state index in [2.05, 4.69) is 58.7 Å². The van der Waals surface area contributed by atoms with Crippen molar-refractivity contribution in [2.45, 2.75) is 18.8 Å². The highest BCUT2D eigenvalue weighted by atomic mass is 32.1. The number of nitrogens with zero attached hydrogens (tertiary/aromatic N) is 2. The Labute approximate surface area is 122 Å². The first-order valence-corrected chi connectivity index (χ1v) is 7.83. The predicted octanol–water partition coefficient (Wildman–Crippen LogP) is 2.79. The molecular formula is C16H17N3S. The number of aryl methyl sites for hydroxylation is 1. The number of benzene rings is 1. The molecule has 0 spiro atoms. The minimum Gasteiger partial charge on any atom is -0.315 e. The van der Waals surface area contributed by atoms with Gasteiger partial charge in [-0.25, -0.2) is 4.98 Å². The smallest absolute Gasteiger partial charge is 0.193 e. The zero-order chi connectivity index (χ0) is 13.6. The van der Waals surface area contributed by atoms with Gasteiger partial charge < -0.3 is 5.32 Å². The Hall–Kier alpha value is -1.65. The van der Waals surface area contributed by atoms with Crippen molar-refractivity contribution < 1.29 is 0 Å². The molecule has 0 aliphatic carbocycles. The van der Waals surface area contributed by atoms with Crippen LogP contribution in [0.25, 0.3) is 4.96 Å². The summed E-state index contributed by atoms with van der Waals surface area (Å²) in [6, 6.07) is 8.75. The molecule has 0 unspecified atom stereocenters. The van der Waals surface area contributed by atoms with Crippen LogP contribution in [0.15, 0.2) is 42.0 Å². The second-order valence-electron chi connectivity index (χ2n) is 5.70. The highest BCUT2D eigenvalue weighted by Crippen LogP contribution is 2.34. The summed E-state index contributed by atoms with van der Waals surface area (Å²) in [5.74, 6) is 0. The van der Waals surface area contributed by atoms with E-state index < -0.39 is 0 Å². The number of hydrogen-bond donors (Lipinski definition) is 1. The molecule has 0 radical (unpaired) electrons. The van der Waals surface area contributed by atoms with Gasteiger partial charge in [0.05, 0.1) is 5.69 Å². The number of rotatable bonds is 3. The lowest BCUT2D eigenvalue weighted by Gasteiger charge is -2.44. The zero-order valence-electron chi connectivity index (χ0n) is 11.5. The summed E-state index contributed by atoms with van der Waals surface area (Å²) in [5, 5.41) is 5.52. The van der Waals surface area contributed by atoms with Crippen LogP contribution in [0.5, 0.6) is 0 Å². The van der Waals surface area contributed by atoms with E-state index in [1.54, 1.807) is 11.3 Å². The molecule has 3 heterocycles. The Balaban J connectivity index is 1.71. The second kappa shape index (κ2) is 4.43. The van der Waals surface area contributed by atoms with Crippen molar-refractivity contribution >= 4 is 16.3 Å². The van der Waals surface area contributed by atoms with Gasteiger partial charge >= 0.3 is 0 Å². The number of imidazole rings is 1. The molecular weight excluding hydrogens is 266 g/mol. The first-order chi connectivity index (χ1) is 9.77. The molecule has 102 valence electrons. The Bertz CT molecular complexity index is 723. The highest BCUT2D eigenvalue weighted by Gasteiger charge is 2.40. The lowest BCUT2D eigenvalue weighted by Crippen LogP contribution is -2.58. The molecule has 3 nitrogen and oxygen atoms in total. The van der Waals surface area contributed by atoms with Crippen LogP contribution in [0.3, 0.4) is 0 Å². The van der Waals surface area contributed by atoms with E-state index in [1.807, 2.05) is 0 Å². The fourth-order valence-electron chi connectivity index (χ4n) is 3.21. The zero-order valence-corrected chi connectivity index (χ0v) is 12.3. The fraction of sp³-hybridized carbons (Fsp3) is 0.312. The summed E-state index contributed by atoms with van der Waals surface area (Å²) in [6.45, 7) is 4.30. The van der Waals surface area contributed by atoms with Crippen LogP contribution >= 0.6 is 11.3 Å². The standard InChI is InChI=1S/C16H17N3S/c1-12-4-2-3-5-14(12)16(10-17-11-16)8-13-9-19-6-7-20-15(19)18-13/h2-7,9,17H,8,10-11H2,1H3. The summed E-state index contributed by atoms with van der Waals surface area (Å²) < 4.78 is 2.12.